The molecule has 1 saturated carbocycles. The lowest BCUT2D eigenvalue weighted by Crippen LogP contribution is -2.48. The van der Waals surface area contributed by atoms with Gasteiger partial charge in [-0.1, -0.05) is 25.5 Å². The number of hydrogen-bond donors (Lipinski definition) is 0. The van der Waals surface area contributed by atoms with Gasteiger partial charge in [-0.15, -0.1) is 0 Å². The highest BCUT2D eigenvalue weighted by Crippen LogP contribution is 2.39. The molecule has 3 heterocycles. The first-order chi connectivity index (χ1) is 18.9. The summed E-state index contributed by atoms with van der Waals surface area (Å²) >= 11 is 0. The number of aryl methyl sites for hydroxylation is 1. The maximum Gasteiger partial charge on any atom is 0.439 e. The molecule has 1 aliphatic carbocycles. The van der Waals surface area contributed by atoms with Gasteiger partial charge in [0.15, 0.2) is 0 Å². The Labute approximate surface area is 231 Å². The van der Waals surface area contributed by atoms with Gasteiger partial charge in [0.25, 0.3) is 0 Å². The van der Waals surface area contributed by atoms with E-state index in [1.54, 1.807) is 0 Å². The lowest BCUT2D eigenvalue weighted by Gasteiger charge is -2.36. The zero-order valence-electron chi connectivity index (χ0n) is 24.0. The normalized spacial score (nSPS) is 21.4. The summed E-state index contributed by atoms with van der Waals surface area (Å²) in [6, 6.07) is 8.36. The van der Waals surface area contributed by atoms with Crippen LogP contribution in [0.4, 0.5) is 10.5 Å². The SMILES string of the molecule is CCCC(C)OC(=O)N(OC)c1ccc(-c2nc(C3CCC(N4CCN(C)CC4)C3)n3ccnc(C)c23)cc1. The Morgan fingerprint density at radius 1 is 1.15 bits per heavy atom. The molecule has 0 bridgehead atoms. The van der Waals surface area contributed by atoms with E-state index in [1.807, 2.05) is 50.5 Å². The van der Waals surface area contributed by atoms with E-state index in [0.29, 0.717) is 17.6 Å². The van der Waals surface area contributed by atoms with E-state index >= 15 is 0 Å². The highest BCUT2D eigenvalue weighted by Gasteiger charge is 2.34. The third-order valence-electron chi connectivity index (χ3n) is 8.31. The topological polar surface area (TPSA) is 75.4 Å². The van der Waals surface area contributed by atoms with Crippen LogP contribution in [0.15, 0.2) is 36.7 Å². The molecule has 3 unspecified atom stereocenters. The van der Waals surface area contributed by atoms with Crippen molar-refractivity contribution in [3.63, 3.8) is 0 Å². The predicted molar refractivity (Wildman–Crippen MR) is 153 cm³/mol. The second-order valence-electron chi connectivity index (χ2n) is 11.1. The molecule has 3 aromatic rings. The molecule has 2 aliphatic rings. The van der Waals surface area contributed by atoms with Gasteiger partial charge in [0.1, 0.15) is 11.9 Å². The number of likely N-dealkylation sites (N-methyl/N-ethyl adjacent to an activating group) is 1. The van der Waals surface area contributed by atoms with Crippen LogP contribution in [0.3, 0.4) is 0 Å². The molecule has 2 aromatic heterocycles. The summed E-state index contributed by atoms with van der Waals surface area (Å²) in [6.45, 7) is 10.6. The maximum absolute atomic E-state index is 12.7. The standard InChI is InChI=1S/C30H42N6O3/c1-6-7-21(2)39-30(37)36(38-5)25-11-8-23(9-12-25)27-28-22(3)31-14-15-35(28)29(32-27)24-10-13-26(20-24)34-18-16-33(4)17-19-34/h8-9,11-12,14-15,21,24,26H,6-7,10,13,16-20H2,1-5H3. The van der Waals surface area contributed by atoms with Crippen molar-refractivity contribution in [1.29, 1.82) is 0 Å². The average molecular weight is 535 g/mol. The minimum absolute atomic E-state index is 0.170. The smallest absolute Gasteiger partial charge is 0.439 e. The number of anilines is 1. The molecule has 2 fully saturated rings. The summed E-state index contributed by atoms with van der Waals surface area (Å²) in [5, 5.41) is 1.19. The Balaban J connectivity index is 1.39. The van der Waals surface area contributed by atoms with Crippen molar-refractivity contribution in [2.45, 2.75) is 70.9 Å². The van der Waals surface area contributed by atoms with Gasteiger partial charge >= 0.3 is 6.09 Å². The fourth-order valence-electron chi connectivity index (χ4n) is 6.15. The van der Waals surface area contributed by atoms with Crippen LogP contribution in [0, 0.1) is 6.92 Å². The first-order valence-corrected chi connectivity index (χ1v) is 14.3. The van der Waals surface area contributed by atoms with Gasteiger partial charge in [-0.2, -0.15) is 5.06 Å². The van der Waals surface area contributed by atoms with Crippen LogP contribution in [0.5, 0.6) is 0 Å². The van der Waals surface area contributed by atoms with Gasteiger partial charge in [0.05, 0.1) is 29.7 Å². The molecule has 0 radical (unpaired) electrons. The minimum Gasteiger partial charge on any atom is -0.445 e. The van der Waals surface area contributed by atoms with Crippen LogP contribution >= 0.6 is 0 Å². The highest BCUT2D eigenvalue weighted by atomic mass is 16.7. The molecule has 5 rings (SSSR count). The average Bonchev–Trinajstić information content (AvgIpc) is 3.56. The first-order valence-electron chi connectivity index (χ1n) is 14.3. The van der Waals surface area contributed by atoms with Crippen LogP contribution in [0.2, 0.25) is 0 Å². The number of nitrogens with zero attached hydrogens (tertiary/aromatic N) is 6. The third-order valence-corrected chi connectivity index (χ3v) is 8.31. The zero-order chi connectivity index (χ0) is 27.5. The van der Waals surface area contributed by atoms with Gasteiger partial charge in [-0.05, 0) is 58.7 Å². The molecule has 1 aromatic carbocycles. The summed E-state index contributed by atoms with van der Waals surface area (Å²) in [4.78, 5) is 33.0. The van der Waals surface area contributed by atoms with Crippen LogP contribution in [-0.2, 0) is 9.57 Å². The van der Waals surface area contributed by atoms with Crippen LogP contribution in [0.25, 0.3) is 16.8 Å². The maximum atomic E-state index is 12.7. The summed E-state index contributed by atoms with van der Waals surface area (Å²) in [5.41, 5.74) is 4.51. The summed E-state index contributed by atoms with van der Waals surface area (Å²) in [6.07, 6.45) is 8.50. The van der Waals surface area contributed by atoms with E-state index in [9.17, 15) is 4.79 Å². The van der Waals surface area contributed by atoms with E-state index in [0.717, 1.165) is 80.2 Å². The minimum atomic E-state index is -0.517. The second kappa shape index (κ2) is 12.0. The van der Waals surface area contributed by atoms with Crippen LogP contribution in [0.1, 0.15) is 63.4 Å². The van der Waals surface area contributed by atoms with Crippen LogP contribution < -0.4 is 5.06 Å². The molecule has 3 atom stereocenters. The monoisotopic (exact) mass is 534 g/mol. The van der Waals surface area contributed by atoms with Gasteiger partial charge in [-0.25, -0.2) is 9.78 Å². The van der Waals surface area contributed by atoms with E-state index in [-0.39, 0.29) is 6.10 Å². The lowest BCUT2D eigenvalue weighted by atomic mass is 10.1. The number of piperazine rings is 1. The Morgan fingerprint density at radius 3 is 2.59 bits per heavy atom. The number of fused-ring (bicyclic) bond motifs is 1. The number of aromatic nitrogens is 3. The molecule has 0 spiro atoms. The van der Waals surface area contributed by atoms with E-state index in [1.165, 1.54) is 18.6 Å². The Hall–Kier alpha value is -3.01. The van der Waals surface area contributed by atoms with Crippen LogP contribution in [-0.4, -0.2) is 82.7 Å². The summed E-state index contributed by atoms with van der Waals surface area (Å²) < 4.78 is 7.78. The summed E-state index contributed by atoms with van der Waals surface area (Å²) in [5.74, 6) is 1.54. The number of rotatable bonds is 8. The first kappa shape index (κ1) is 27.6. The number of imidazole rings is 1. The van der Waals surface area contributed by atoms with Crippen molar-refractivity contribution < 1.29 is 14.4 Å². The fraction of sp³-hybridized carbons (Fsp3) is 0.567. The molecule has 0 N–H and O–H groups in total. The number of carbonyl (C=O) groups is 1. The quantitative estimate of drug-likeness (QED) is 0.364. The van der Waals surface area contributed by atoms with Crippen molar-refractivity contribution in [2.24, 2.45) is 0 Å². The zero-order valence-corrected chi connectivity index (χ0v) is 24.0. The molecule has 39 heavy (non-hydrogen) atoms. The number of ether oxygens (including phenoxy) is 1. The van der Waals surface area contributed by atoms with E-state index in [4.69, 9.17) is 14.6 Å². The third kappa shape index (κ3) is 5.81. The van der Waals surface area contributed by atoms with Crippen molar-refractivity contribution in [3.05, 3.63) is 48.2 Å². The van der Waals surface area contributed by atoms with Crippen molar-refractivity contribution in [2.75, 3.05) is 45.4 Å². The van der Waals surface area contributed by atoms with Crippen molar-refractivity contribution in [1.82, 2.24) is 24.2 Å². The molecule has 9 heteroatoms. The summed E-state index contributed by atoms with van der Waals surface area (Å²) in [7, 11) is 3.68. The van der Waals surface area contributed by atoms with E-state index < -0.39 is 6.09 Å². The van der Waals surface area contributed by atoms with E-state index in [2.05, 4.69) is 33.2 Å². The Kier molecular flexibility index (Phi) is 8.49. The highest BCUT2D eigenvalue weighted by molar-refractivity contribution is 5.87. The number of amides is 1. The molecular weight excluding hydrogens is 492 g/mol. The number of carbonyl (C=O) groups excluding carboxylic acids is 1. The molecule has 1 saturated heterocycles. The Morgan fingerprint density at radius 2 is 1.90 bits per heavy atom. The molecule has 9 nitrogen and oxygen atoms in total. The van der Waals surface area contributed by atoms with Gasteiger partial charge < -0.3 is 9.64 Å². The fourth-order valence-corrected chi connectivity index (χ4v) is 6.15. The molecule has 210 valence electrons. The largest absolute Gasteiger partial charge is 0.445 e. The second-order valence-corrected chi connectivity index (χ2v) is 11.1. The van der Waals surface area contributed by atoms with Crippen molar-refractivity contribution >= 4 is 17.3 Å². The van der Waals surface area contributed by atoms with Crippen molar-refractivity contribution in [3.8, 4) is 11.3 Å². The number of benzene rings is 1. The number of hydroxylamine groups is 1. The predicted octanol–water partition coefficient (Wildman–Crippen LogP) is 5.28. The molecule has 1 amide bonds. The van der Waals surface area contributed by atoms with Gasteiger partial charge in [-0.3, -0.25) is 19.1 Å². The van der Waals surface area contributed by atoms with Gasteiger partial charge in [0, 0.05) is 56.1 Å². The lowest BCUT2D eigenvalue weighted by molar-refractivity contribution is 0.0705. The molecule has 1 aliphatic heterocycles. The van der Waals surface area contributed by atoms with Gasteiger partial charge in [0.2, 0.25) is 0 Å². The number of hydrogen-bond acceptors (Lipinski definition) is 7. The Bertz CT molecular complexity index is 1270. The molecular formula is C30H42N6O3.